The fraction of sp³-hybridized carbons (Fsp3) is 0.542. The predicted octanol–water partition coefficient (Wildman–Crippen LogP) is 4.29. The maximum atomic E-state index is 11.2. The van der Waals surface area contributed by atoms with Gasteiger partial charge in [0.25, 0.3) is 0 Å². The number of carboxylic acid groups (broad SMARTS) is 1. The summed E-state index contributed by atoms with van der Waals surface area (Å²) in [5.41, 5.74) is 1.21. The SMILES string of the molecule is CC1CN(C)CCN(CCc2ccccc2O[C@H](CCN(C)C(=O)O)c2cccs2)C1. The van der Waals surface area contributed by atoms with E-state index in [1.54, 1.807) is 18.4 Å². The Morgan fingerprint density at radius 3 is 2.81 bits per heavy atom. The summed E-state index contributed by atoms with van der Waals surface area (Å²) in [6.45, 7) is 8.27. The molecule has 0 spiro atoms. The van der Waals surface area contributed by atoms with Gasteiger partial charge in [0, 0.05) is 57.6 Å². The Kier molecular flexibility index (Phi) is 8.75. The van der Waals surface area contributed by atoms with Crippen molar-refractivity contribution in [2.75, 3.05) is 53.4 Å². The Morgan fingerprint density at radius 1 is 1.26 bits per heavy atom. The number of benzene rings is 1. The number of hydrogen-bond acceptors (Lipinski definition) is 5. The molecule has 0 aliphatic carbocycles. The van der Waals surface area contributed by atoms with Gasteiger partial charge in [0.2, 0.25) is 0 Å². The van der Waals surface area contributed by atoms with Gasteiger partial charge < -0.3 is 24.5 Å². The molecule has 0 bridgehead atoms. The fourth-order valence-corrected chi connectivity index (χ4v) is 4.91. The van der Waals surface area contributed by atoms with E-state index < -0.39 is 6.09 Å². The van der Waals surface area contributed by atoms with Gasteiger partial charge in [0.15, 0.2) is 0 Å². The molecule has 1 aromatic carbocycles. The van der Waals surface area contributed by atoms with Crippen LogP contribution in [-0.2, 0) is 6.42 Å². The molecule has 1 fully saturated rings. The van der Waals surface area contributed by atoms with Crippen LogP contribution in [0.2, 0.25) is 0 Å². The van der Waals surface area contributed by atoms with E-state index in [1.807, 2.05) is 23.6 Å². The van der Waals surface area contributed by atoms with Crippen molar-refractivity contribution in [3.8, 4) is 5.75 Å². The quantitative estimate of drug-likeness (QED) is 0.624. The van der Waals surface area contributed by atoms with Crippen molar-refractivity contribution in [3.63, 3.8) is 0 Å². The van der Waals surface area contributed by atoms with Gasteiger partial charge in [-0.05, 0) is 42.5 Å². The van der Waals surface area contributed by atoms with E-state index in [2.05, 4.69) is 42.0 Å². The first-order valence-corrected chi connectivity index (χ1v) is 11.9. The molecule has 1 unspecified atom stereocenters. The summed E-state index contributed by atoms with van der Waals surface area (Å²) < 4.78 is 6.49. The normalized spacial score (nSPS) is 19.0. The number of thiophene rings is 1. The van der Waals surface area contributed by atoms with Crippen LogP contribution in [0.4, 0.5) is 4.79 Å². The minimum atomic E-state index is -0.914. The number of rotatable bonds is 9. The van der Waals surface area contributed by atoms with Gasteiger partial charge in [0.05, 0.1) is 0 Å². The Hall–Kier alpha value is -2.09. The maximum Gasteiger partial charge on any atom is 0.407 e. The Bertz CT molecular complexity index is 814. The molecule has 1 N–H and O–H groups in total. The molecule has 2 aromatic rings. The lowest BCUT2D eigenvalue weighted by atomic mass is 10.1. The summed E-state index contributed by atoms with van der Waals surface area (Å²) in [6.07, 6.45) is 0.490. The predicted molar refractivity (Wildman–Crippen MR) is 126 cm³/mol. The van der Waals surface area contributed by atoms with Crippen molar-refractivity contribution >= 4 is 17.4 Å². The standard InChI is InChI=1S/C24H35N3O3S/c1-19-17-25(2)14-15-27(18-19)13-10-20-7-4-5-8-21(20)30-22(23-9-6-16-31-23)11-12-26(3)24(28)29/h4-9,16,19,22H,10-15,17-18H2,1-3H3,(H,28,29)/t19?,22-/m1/s1. The molecule has 1 saturated heterocycles. The fourth-order valence-electron chi connectivity index (χ4n) is 4.13. The van der Waals surface area contributed by atoms with Crippen LogP contribution in [0.5, 0.6) is 5.75 Å². The summed E-state index contributed by atoms with van der Waals surface area (Å²) in [5.74, 6) is 1.58. The molecule has 2 atom stereocenters. The molecule has 0 saturated carbocycles. The van der Waals surface area contributed by atoms with Gasteiger partial charge in [-0.3, -0.25) is 0 Å². The van der Waals surface area contributed by atoms with Gasteiger partial charge in [0.1, 0.15) is 11.9 Å². The van der Waals surface area contributed by atoms with E-state index in [4.69, 9.17) is 4.74 Å². The van der Waals surface area contributed by atoms with Crippen LogP contribution >= 0.6 is 11.3 Å². The van der Waals surface area contributed by atoms with E-state index >= 15 is 0 Å². The minimum Gasteiger partial charge on any atom is -0.485 e. The van der Waals surface area contributed by atoms with E-state index in [-0.39, 0.29) is 6.10 Å². The number of hydrogen-bond donors (Lipinski definition) is 1. The van der Waals surface area contributed by atoms with Crippen molar-refractivity contribution in [3.05, 3.63) is 52.2 Å². The Balaban J connectivity index is 1.66. The van der Waals surface area contributed by atoms with E-state index in [9.17, 15) is 9.90 Å². The van der Waals surface area contributed by atoms with Crippen LogP contribution < -0.4 is 4.74 Å². The van der Waals surface area contributed by atoms with Crippen molar-refractivity contribution in [2.24, 2.45) is 5.92 Å². The third kappa shape index (κ3) is 7.23. The van der Waals surface area contributed by atoms with Crippen molar-refractivity contribution in [1.29, 1.82) is 0 Å². The van der Waals surface area contributed by atoms with E-state index in [1.165, 1.54) is 10.5 Å². The largest absolute Gasteiger partial charge is 0.485 e. The van der Waals surface area contributed by atoms with E-state index in [0.717, 1.165) is 49.8 Å². The maximum absolute atomic E-state index is 11.2. The van der Waals surface area contributed by atoms with E-state index in [0.29, 0.717) is 18.9 Å². The molecular formula is C24H35N3O3S. The number of ether oxygens (including phenoxy) is 1. The average molecular weight is 446 g/mol. The highest BCUT2D eigenvalue weighted by Gasteiger charge is 2.20. The molecule has 0 radical (unpaired) electrons. The summed E-state index contributed by atoms with van der Waals surface area (Å²) in [5, 5.41) is 11.2. The molecule has 6 nitrogen and oxygen atoms in total. The third-order valence-electron chi connectivity index (χ3n) is 5.84. The smallest absolute Gasteiger partial charge is 0.407 e. The first kappa shape index (κ1) is 23.6. The van der Waals surface area contributed by atoms with Gasteiger partial charge in [-0.1, -0.05) is 31.2 Å². The molecule has 1 aliphatic heterocycles. The third-order valence-corrected chi connectivity index (χ3v) is 6.81. The van der Waals surface area contributed by atoms with Gasteiger partial charge >= 0.3 is 6.09 Å². The molecular weight excluding hydrogens is 410 g/mol. The van der Waals surface area contributed by atoms with Gasteiger partial charge in [-0.2, -0.15) is 0 Å². The van der Waals surface area contributed by atoms with Crippen LogP contribution in [-0.4, -0.2) is 79.3 Å². The molecule has 1 aliphatic rings. The van der Waals surface area contributed by atoms with Crippen LogP contribution in [0.15, 0.2) is 41.8 Å². The zero-order chi connectivity index (χ0) is 22.2. The van der Waals surface area contributed by atoms with Crippen LogP contribution in [0, 0.1) is 5.92 Å². The average Bonchev–Trinajstić information content (AvgIpc) is 3.22. The first-order chi connectivity index (χ1) is 14.9. The highest BCUT2D eigenvalue weighted by atomic mass is 32.1. The van der Waals surface area contributed by atoms with Gasteiger partial charge in [-0.25, -0.2) is 4.79 Å². The van der Waals surface area contributed by atoms with Crippen LogP contribution in [0.3, 0.4) is 0 Å². The second-order valence-electron chi connectivity index (χ2n) is 8.64. The molecule has 1 aromatic heterocycles. The summed E-state index contributed by atoms with van der Waals surface area (Å²) in [7, 11) is 3.80. The summed E-state index contributed by atoms with van der Waals surface area (Å²) in [4.78, 5) is 18.6. The number of nitrogens with zero attached hydrogens (tertiary/aromatic N) is 3. The molecule has 170 valence electrons. The topological polar surface area (TPSA) is 56.2 Å². The second kappa shape index (κ2) is 11.5. The van der Waals surface area contributed by atoms with Gasteiger partial charge in [-0.15, -0.1) is 11.3 Å². The zero-order valence-electron chi connectivity index (χ0n) is 18.9. The monoisotopic (exact) mass is 445 g/mol. The minimum absolute atomic E-state index is 0.158. The molecule has 7 heteroatoms. The summed E-state index contributed by atoms with van der Waals surface area (Å²) in [6, 6.07) is 12.3. The molecule has 1 amide bonds. The molecule has 2 heterocycles. The highest BCUT2D eigenvalue weighted by molar-refractivity contribution is 7.10. The highest BCUT2D eigenvalue weighted by Crippen LogP contribution is 2.30. The van der Waals surface area contributed by atoms with Crippen LogP contribution in [0.25, 0.3) is 0 Å². The lowest BCUT2D eigenvalue weighted by Gasteiger charge is -2.24. The van der Waals surface area contributed by atoms with Crippen molar-refractivity contribution in [2.45, 2.75) is 25.9 Å². The first-order valence-electron chi connectivity index (χ1n) is 11.0. The van der Waals surface area contributed by atoms with Crippen LogP contribution in [0.1, 0.15) is 29.9 Å². The lowest BCUT2D eigenvalue weighted by molar-refractivity contribution is 0.140. The van der Waals surface area contributed by atoms with Crippen molar-refractivity contribution in [1.82, 2.24) is 14.7 Å². The second-order valence-corrected chi connectivity index (χ2v) is 9.62. The molecule has 3 rings (SSSR count). The number of para-hydroxylation sites is 1. The number of likely N-dealkylation sites (N-methyl/N-ethyl adjacent to an activating group) is 1. The molecule has 31 heavy (non-hydrogen) atoms. The summed E-state index contributed by atoms with van der Waals surface area (Å²) >= 11 is 1.65. The Labute approximate surface area is 190 Å². The van der Waals surface area contributed by atoms with Crippen molar-refractivity contribution < 1.29 is 14.6 Å². The number of amides is 1. The Morgan fingerprint density at radius 2 is 2.06 bits per heavy atom. The number of carbonyl (C=O) groups is 1. The lowest BCUT2D eigenvalue weighted by Crippen LogP contribution is -2.31. The zero-order valence-corrected chi connectivity index (χ0v) is 19.7.